The Hall–Kier alpha value is -3.23. The lowest BCUT2D eigenvalue weighted by atomic mass is 9.93. The number of benzene rings is 1. The van der Waals surface area contributed by atoms with Crippen LogP contribution in [0.15, 0.2) is 36.8 Å². The minimum absolute atomic E-state index is 0.948. The van der Waals surface area contributed by atoms with Crippen molar-refractivity contribution in [2.45, 2.75) is 46.1 Å². The predicted molar refractivity (Wildman–Crippen MR) is 145 cm³/mol. The summed E-state index contributed by atoms with van der Waals surface area (Å²) in [5.41, 5.74) is 10.2. The van der Waals surface area contributed by atoms with Gasteiger partial charge in [0.05, 0.1) is 5.69 Å². The Morgan fingerprint density at radius 1 is 1.00 bits per heavy atom. The minimum atomic E-state index is 0.948. The minimum Gasteiger partial charge on any atom is -0.361 e. The second kappa shape index (κ2) is 8.71. The number of fused-ring (bicyclic) bond motifs is 4. The molecule has 2 aromatic heterocycles. The van der Waals surface area contributed by atoms with Gasteiger partial charge in [-0.1, -0.05) is 18.2 Å². The summed E-state index contributed by atoms with van der Waals surface area (Å²) < 4.78 is 0. The van der Waals surface area contributed by atoms with Crippen molar-refractivity contribution in [1.29, 1.82) is 0 Å². The Morgan fingerprint density at radius 3 is 2.61 bits per heavy atom. The zero-order chi connectivity index (χ0) is 24.2. The van der Waals surface area contributed by atoms with Crippen molar-refractivity contribution in [3.8, 4) is 22.0 Å². The quantitative estimate of drug-likeness (QED) is 0.381. The van der Waals surface area contributed by atoms with E-state index in [4.69, 9.17) is 15.1 Å². The molecule has 3 aromatic rings. The zero-order valence-electron chi connectivity index (χ0n) is 20.9. The van der Waals surface area contributed by atoms with Crippen molar-refractivity contribution in [3.05, 3.63) is 64.1 Å². The Labute approximate surface area is 215 Å². The highest BCUT2D eigenvalue weighted by molar-refractivity contribution is 7.15. The topological polar surface area (TPSA) is 65.9 Å². The van der Waals surface area contributed by atoms with Crippen molar-refractivity contribution in [2.24, 2.45) is 0 Å². The molecular formula is C28H31N7S. The number of hydrogen-bond donors (Lipinski definition) is 1. The van der Waals surface area contributed by atoms with Gasteiger partial charge in [-0.2, -0.15) is 4.79 Å². The molecule has 0 radical (unpaired) electrons. The van der Waals surface area contributed by atoms with Crippen LogP contribution < -0.4 is 5.01 Å². The van der Waals surface area contributed by atoms with Gasteiger partial charge in [-0.15, -0.1) is 16.4 Å². The van der Waals surface area contributed by atoms with E-state index in [1.807, 2.05) is 0 Å². The third-order valence-corrected chi connectivity index (χ3v) is 9.08. The lowest BCUT2D eigenvalue weighted by Crippen LogP contribution is -2.51. The molecule has 2 aliphatic heterocycles. The predicted octanol–water partition coefficient (Wildman–Crippen LogP) is 4.94. The van der Waals surface area contributed by atoms with Crippen LogP contribution in [0.1, 0.15) is 40.1 Å². The fourth-order valence-electron chi connectivity index (χ4n) is 5.99. The maximum Gasteiger partial charge on any atom is 0.138 e. The van der Waals surface area contributed by atoms with Gasteiger partial charge in [0.25, 0.3) is 0 Å². The summed E-state index contributed by atoms with van der Waals surface area (Å²) in [4.78, 5) is 19.2. The smallest absolute Gasteiger partial charge is 0.138 e. The Balaban J connectivity index is 1.18. The standard InChI is InChI=1S/C28H31N7S/c1-18-19(2)36-28(32-18)25-22-8-3-4-9-23(22)27-26(25)30-17-31-35(27)34-13-11-33(12-14-34)16-20-15-29-24-10-6-5-7-21(20)24/h5-7,10,15,17,29H,3-4,8-9,11-14,16H2,1-2H3. The zero-order valence-corrected chi connectivity index (χ0v) is 21.7. The second-order valence-electron chi connectivity index (χ2n) is 10.1. The van der Waals surface area contributed by atoms with Crippen LogP contribution in [0.4, 0.5) is 0 Å². The number of aryl methyl sites for hydroxylation is 2. The molecule has 7 rings (SSSR count). The second-order valence-corrected chi connectivity index (χ2v) is 11.3. The normalized spacial score (nSPS) is 16.8. The van der Waals surface area contributed by atoms with Gasteiger partial charge in [-0.25, -0.2) is 9.97 Å². The van der Waals surface area contributed by atoms with Crippen LogP contribution in [0.3, 0.4) is 0 Å². The molecule has 0 bridgehead atoms. The maximum absolute atomic E-state index is 4.95. The number of nitrogens with zero attached hydrogens (tertiary/aromatic N) is 6. The van der Waals surface area contributed by atoms with Gasteiger partial charge in [0.15, 0.2) is 0 Å². The first-order valence-electron chi connectivity index (χ1n) is 13.0. The third kappa shape index (κ3) is 3.54. The van der Waals surface area contributed by atoms with E-state index in [9.17, 15) is 0 Å². The van der Waals surface area contributed by atoms with E-state index in [0.717, 1.165) is 62.0 Å². The summed E-state index contributed by atoms with van der Waals surface area (Å²) >= 11 is 1.80. The van der Waals surface area contributed by atoms with E-state index in [-0.39, 0.29) is 0 Å². The Bertz CT molecular complexity index is 1500. The molecule has 4 heterocycles. The molecule has 7 nitrogen and oxygen atoms in total. The van der Waals surface area contributed by atoms with Crippen molar-refractivity contribution >= 4 is 22.2 Å². The molecule has 1 saturated heterocycles. The van der Waals surface area contributed by atoms with Gasteiger partial charge in [0.1, 0.15) is 22.7 Å². The van der Waals surface area contributed by atoms with E-state index in [1.54, 1.807) is 17.7 Å². The van der Waals surface area contributed by atoms with E-state index in [1.165, 1.54) is 56.6 Å². The van der Waals surface area contributed by atoms with E-state index >= 15 is 0 Å². The molecule has 1 fully saturated rings. The monoisotopic (exact) mass is 497 g/mol. The molecule has 0 amide bonds. The number of aromatic amines is 1. The number of H-pyrrole nitrogens is 1. The number of thiazole rings is 1. The molecule has 0 saturated carbocycles. The summed E-state index contributed by atoms with van der Waals surface area (Å²) in [6.45, 7) is 9.17. The number of rotatable bonds is 4. The number of piperazine rings is 1. The Kier molecular flexibility index (Phi) is 5.32. The van der Waals surface area contributed by atoms with E-state index in [2.05, 4.69) is 64.0 Å². The molecule has 184 valence electrons. The molecule has 0 spiro atoms. The highest BCUT2D eigenvalue weighted by Gasteiger charge is 2.33. The molecule has 8 heteroatoms. The molecule has 2 aliphatic carbocycles. The van der Waals surface area contributed by atoms with Crippen LogP contribution in [0.2, 0.25) is 0 Å². The highest BCUT2D eigenvalue weighted by Crippen LogP contribution is 2.46. The number of para-hydroxylation sites is 1. The van der Waals surface area contributed by atoms with Gasteiger partial charge < -0.3 is 4.98 Å². The summed E-state index contributed by atoms with van der Waals surface area (Å²) in [6, 6.07) is 8.58. The number of nitrogens with one attached hydrogen (secondary N) is 1. The van der Waals surface area contributed by atoms with Crippen molar-refractivity contribution in [2.75, 3.05) is 31.2 Å². The van der Waals surface area contributed by atoms with Gasteiger partial charge in [-0.3, -0.25) is 9.91 Å². The third-order valence-electron chi connectivity index (χ3n) is 7.99. The lowest BCUT2D eigenvalue weighted by Gasteiger charge is -2.37. The molecule has 1 N–H and O–H groups in total. The fourth-order valence-corrected chi connectivity index (χ4v) is 6.98. The first kappa shape index (κ1) is 22.0. The van der Waals surface area contributed by atoms with Crippen LogP contribution in [0.5, 0.6) is 0 Å². The van der Waals surface area contributed by atoms with Crippen LogP contribution in [0, 0.1) is 13.8 Å². The summed E-state index contributed by atoms with van der Waals surface area (Å²) in [6.07, 6.45) is 8.58. The van der Waals surface area contributed by atoms with Crippen LogP contribution in [-0.2, 0) is 19.4 Å². The van der Waals surface area contributed by atoms with E-state index < -0.39 is 0 Å². The van der Waals surface area contributed by atoms with E-state index in [0.29, 0.717) is 0 Å². The van der Waals surface area contributed by atoms with Crippen LogP contribution >= 0.6 is 11.3 Å². The van der Waals surface area contributed by atoms with Gasteiger partial charge in [-0.05, 0) is 62.3 Å². The van der Waals surface area contributed by atoms with Gasteiger partial charge in [0, 0.05) is 60.3 Å². The fraction of sp³-hybridized carbons (Fsp3) is 0.393. The summed E-state index contributed by atoms with van der Waals surface area (Å²) in [5, 5.41) is 9.66. The summed E-state index contributed by atoms with van der Waals surface area (Å²) in [5.74, 6) is 0. The first-order chi connectivity index (χ1) is 17.7. The first-order valence-corrected chi connectivity index (χ1v) is 13.8. The average molecular weight is 498 g/mol. The SMILES string of the molecule is Cc1nc(-c2c3ncnn(N4CCN(Cc5c[nH]c6ccccc56)CC4)c-3c3c2CCCC3)sc1C. The van der Waals surface area contributed by atoms with Crippen molar-refractivity contribution < 1.29 is 0 Å². The molecule has 1 aromatic carbocycles. The average Bonchev–Trinajstić information content (AvgIpc) is 3.58. The Morgan fingerprint density at radius 2 is 1.81 bits per heavy atom. The van der Waals surface area contributed by atoms with Crippen LogP contribution in [0.25, 0.3) is 32.9 Å². The van der Waals surface area contributed by atoms with Crippen molar-refractivity contribution in [1.82, 2.24) is 29.7 Å². The van der Waals surface area contributed by atoms with Crippen LogP contribution in [-0.4, -0.2) is 55.9 Å². The lowest BCUT2D eigenvalue weighted by molar-refractivity contribution is 0.228. The summed E-state index contributed by atoms with van der Waals surface area (Å²) in [7, 11) is 0. The van der Waals surface area contributed by atoms with Gasteiger partial charge in [0.2, 0.25) is 0 Å². The highest BCUT2D eigenvalue weighted by atomic mass is 32.1. The molecule has 0 atom stereocenters. The number of aromatic nitrogens is 5. The molecule has 4 aliphatic rings. The van der Waals surface area contributed by atoms with Gasteiger partial charge >= 0.3 is 0 Å². The van der Waals surface area contributed by atoms with Crippen molar-refractivity contribution in [3.63, 3.8) is 0 Å². The maximum atomic E-state index is 4.95. The number of hydrogen-bond acceptors (Lipinski definition) is 6. The molecule has 0 unspecified atom stereocenters. The largest absolute Gasteiger partial charge is 0.361 e. The molecular weight excluding hydrogens is 466 g/mol. The molecule has 36 heavy (non-hydrogen) atoms.